The second-order valence-electron chi connectivity index (χ2n) is 4.43. The zero-order chi connectivity index (χ0) is 13.1. The van der Waals surface area contributed by atoms with Crippen LogP contribution in [0.5, 0.6) is 0 Å². The Morgan fingerprint density at radius 2 is 2.37 bits per heavy atom. The molecule has 0 amide bonds. The van der Waals surface area contributed by atoms with E-state index in [2.05, 4.69) is 15.1 Å². The van der Waals surface area contributed by atoms with Gasteiger partial charge in [-0.3, -0.25) is 9.78 Å². The summed E-state index contributed by atoms with van der Waals surface area (Å²) in [5, 5.41) is 3.90. The van der Waals surface area contributed by atoms with Gasteiger partial charge in [0.25, 0.3) is 0 Å². The summed E-state index contributed by atoms with van der Waals surface area (Å²) in [5.41, 5.74) is 1.00. The van der Waals surface area contributed by atoms with E-state index in [1.54, 1.807) is 12.4 Å². The lowest BCUT2D eigenvalue weighted by Crippen LogP contribution is -2.25. The predicted molar refractivity (Wildman–Crippen MR) is 64.5 cm³/mol. The highest BCUT2D eigenvalue weighted by Gasteiger charge is 2.29. The maximum atomic E-state index is 11.7. The molecule has 1 saturated heterocycles. The summed E-state index contributed by atoms with van der Waals surface area (Å²) in [6.45, 7) is 0.805. The average Bonchev–Trinajstić information content (AvgIpc) is 2.89. The van der Waals surface area contributed by atoms with Crippen LogP contribution in [0.3, 0.4) is 0 Å². The van der Waals surface area contributed by atoms with Gasteiger partial charge < -0.3 is 9.26 Å². The van der Waals surface area contributed by atoms with E-state index in [-0.39, 0.29) is 5.78 Å². The van der Waals surface area contributed by atoms with Crippen molar-refractivity contribution in [1.29, 1.82) is 0 Å². The van der Waals surface area contributed by atoms with Gasteiger partial charge in [0, 0.05) is 25.2 Å². The second-order valence-corrected chi connectivity index (χ2v) is 4.43. The van der Waals surface area contributed by atoms with Crippen LogP contribution in [-0.2, 0) is 16.0 Å². The van der Waals surface area contributed by atoms with Crippen LogP contribution in [0.4, 0.5) is 0 Å². The first-order chi connectivity index (χ1) is 9.33. The highest BCUT2D eigenvalue weighted by atomic mass is 16.5. The minimum atomic E-state index is -0.413. The first-order valence-corrected chi connectivity index (χ1v) is 6.15. The van der Waals surface area contributed by atoms with Crippen LogP contribution in [0.25, 0.3) is 0 Å². The SMILES string of the molecule is O=C1CCOCC1c1nc(Cc2cccnc2)no1. The topological polar surface area (TPSA) is 78.1 Å². The monoisotopic (exact) mass is 259 g/mol. The molecule has 0 aliphatic carbocycles. The van der Waals surface area contributed by atoms with Crippen LogP contribution in [0.2, 0.25) is 0 Å². The van der Waals surface area contributed by atoms with E-state index < -0.39 is 5.92 Å². The first-order valence-electron chi connectivity index (χ1n) is 6.15. The van der Waals surface area contributed by atoms with Crippen molar-refractivity contribution in [3.05, 3.63) is 41.8 Å². The number of carbonyl (C=O) groups excluding carboxylic acids is 1. The lowest BCUT2D eigenvalue weighted by molar-refractivity contribution is -0.127. The third-order valence-corrected chi connectivity index (χ3v) is 3.03. The molecular formula is C13H13N3O3. The van der Waals surface area contributed by atoms with Crippen molar-refractivity contribution in [3.8, 4) is 0 Å². The Balaban J connectivity index is 1.74. The van der Waals surface area contributed by atoms with Crippen molar-refractivity contribution < 1.29 is 14.1 Å². The van der Waals surface area contributed by atoms with Crippen molar-refractivity contribution in [2.75, 3.05) is 13.2 Å². The molecule has 3 rings (SSSR count). The van der Waals surface area contributed by atoms with Crippen LogP contribution in [0.15, 0.2) is 29.0 Å². The van der Waals surface area contributed by atoms with E-state index in [9.17, 15) is 4.79 Å². The summed E-state index contributed by atoms with van der Waals surface area (Å²) >= 11 is 0. The molecule has 1 aliphatic heterocycles. The lowest BCUT2D eigenvalue weighted by Gasteiger charge is -2.16. The fourth-order valence-electron chi connectivity index (χ4n) is 2.02. The van der Waals surface area contributed by atoms with E-state index in [1.807, 2.05) is 12.1 Å². The molecule has 1 aliphatic rings. The van der Waals surface area contributed by atoms with Gasteiger partial charge in [-0.15, -0.1) is 0 Å². The third-order valence-electron chi connectivity index (χ3n) is 3.03. The molecule has 0 bridgehead atoms. The van der Waals surface area contributed by atoms with Gasteiger partial charge in [0.2, 0.25) is 5.89 Å². The van der Waals surface area contributed by atoms with Gasteiger partial charge in [-0.05, 0) is 11.6 Å². The Kier molecular flexibility index (Phi) is 3.33. The van der Waals surface area contributed by atoms with Gasteiger partial charge in [0.05, 0.1) is 13.2 Å². The molecule has 0 N–H and O–H groups in total. The van der Waals surface area contributed by atoms with Crippen LogP contribution in [0, 0.1) is 0 Å². The summed E-state index contributed by atoms with van der Waals surface area (Å²) in [6.07, 6.45) is 4.41. The highest BCUT2D eigenvalue weighted by molar-refractivity contribution is 5.85. The molecule has 0 aromatic carbocycles. The van der Waals surface area contributed by atoms with E-state index in [0.717, 1.165) is 5.56 Å². The standard InChI is InChI=1S/C13H13N3O3/c17-11-3-5-18-8-10(11)13-15-12(16-19-13)6-9-2-1-4-14-7-9/h1-2,4,7,10H,3,5-6,8H2. The molecule has 0 spiro atoms. The van der Waals surface area contributed by atoms with E-state index in [0.29, 0.717) is 37.8 Å². The van der Waals surface area contributed by atoms with Crippen LogP contribution in [0.1, 0.15) is 29.6 Å². The minimum Gasteiger partial charge on any atom is -0.380 e. The van der Waals surface area contributed by atoms with Crippen LogP contribution in [-0.4, -0.2) is 34.1 Å². The van der Waals surface area contributed by atoms with Gasteiger partial charge in [-0.2, -0.15) is 4.98 Å². The zero-order valence-electron chi connectivity index (χ0n) is 10.3. The maximum absolute atomic E-state index is 11.7. The van der Waals surface area contributed by atoms with Crippen molar-refractivity contribution >= 4 is 5.78 Å². The molecule has 2 aromatic rings. The van der Waals surface area contributed by atoms with E-state index in [1.165, 1.54) is 0 Å². The van der Waals surface area contributed by atoms with E-state index >= 15 is 0 Å². The van der Waals surface area contributed by atoms with Gasteiger partial charge in [0.15, 0.2) is 5.82 Å². The third kappa shape index (κ3) is 2.68. The molecule has 3 heterocycles. The Morgan fingerprint density at radius 3 is 3.16 bits per heavy atom. The molecular weight excluding hydrogens is 246 g/mol. The summed E-state index contributed by atoms with van der Waals surface area (Å²) in [7, 11) is 0. The fraction of sp³-hybridized carbons (Fsp3) is 0.385. The number of aromatic nitrogens is 3. The molecule has 0 saturated carbocycles. The number of hydrogen-bond acceptors (Lipinski definition) is 6. The largest absolute Gasteiger partial charge is 0.380 e. The Labute approximate surface area is 109 Å². The smallest absolute Gasteiger partial charge is 0.239 e. The van der Waals surface area contributed by atoms with Gasteiger partial charge in [-0.25, -0.2) is 0 Å². The normalized spacial score (nSPS) is 19.6. The highest BCUT2D eigenvalue weighted by Crippen LogP contribution is 2.21. The predicted octanol–water partition coefficient (Wildman–Crippen LogP) is 1.13. The number of pyridine rings is 1. The molecule has 98 valence electrons. The molecule has 1 fully saturated rings. The summed E-state index contributed by atoms with van der Waals surface area (Å²) in [6, 6.07) is 3.80. The van der Waals surface area contributed by atoms with Crippen molar-refractivity contribution in [3.63, 3.8) is 0 Å². The Bertz CT molecular complexity index is 568. The minimum absolute atomic E-state index is 0.0998. The quantitative estimate of drug-likeness (QED) is 0.822. The van der Waals surface area contributed by atoms with Crippen LogP contribution >= 0.6 is 0 Å². The number of carbonyl (C=O) groups is 1. The Hall–Kier alpha value is -2.08. The van der Waals surface area contributed by atoms with Crippen LogP contribution < -0.4 is 0 Å². The molecule has 2 aromatic heterocycles. The molecule has 1 unspecified atom stereocenters. The van der Waals surface area contributed by atoms with Gasteiger partial charge >= 0.3 is 0 Å². The molecule has 19 heavy (non-hydrogen) atoms. The second kappa shape index (κ2) is 5.27. The zero-order valence-corrected chi connectivity index (χ0v) is 10.3. The molecule has 1 atom stereocenters. The van der Waals surface area contributed by atoms with Crippen molar-refractivity contribution in [1.82, 2.24) is 15.1 Å². The van der Waals surface area contributed by atoms with E-state index in [4.69, 9.17) is 9.26 Å². The molecule has 6 nitrogen and oxygen atoms in total. The molecule has 6 heteroatoms. The molecule has 0 radical (unpaired) electrons. The summed E-state index contributed by atoms with van der Waals surface area (Å²) < 4.78 is 10.4. The van der Waals surface area contributed by atoms with Crippen molar-refractivity contribution in [2.45, 2.75) is 18.8 Å². The number of ether oxygens (including phenoxy) is 1. The van der Waals surface area contributed by atoms with Gasteiger partial charge in [0.1, 0.15) is 11.7 Å². The Morgan fingerprint density at radius 1 is 1.42 bits per heavy atom. The number of ketones is 1. The number of rotatable bonds is 3. The average molecular weight is 259 g/mol. The van der Waals surface area contributed by atoms with Gasteiger partial charge in [-0.1, -0.05) is 11.2 Å². The number of nitrogens with zero attached hydrogens (tertiary/aromatic N) is 3. The van der Waals surface area contributed by atoms with Crippen molar-refractivity contribution in [2.24, 2.45) is 0 Å². The fourth-order valence-corrected chi connectivity index (χ4v) is 2.02. The summed E-state index contributed by atoms with van der Waals surface area (Å²) in [5.74, 6) is 0.594. The number of Topliss-reactive ketones (excluding diaryl/α,β-unsaturated/α-hetero) is 1. The number of hydrogen-bond donors (Lipinski definition) is 0. The summed E-state index contributed by atoms with van der Waals surface area (Å²) in [4.78, 5) is 20.0. The maximum Gasteiger partial charge on any atom is 0.239 e. The lowest BCUT2D eigenvalue weighted by atomic mass is 10.0. The first kappa shape index (κ1) is 12.0.